The molecule has 23 heavy (non-hydrogen) atoms. The predicted octanol–water partition coefficient (Wildman–Crippen LogP) is 1.50. The summed E-state index contributed by atoms with van der Waals surface area (Å²) in [5, 5.41) is 0. The first kappa shape index (κ1) is 14.6. The van der Waals surface area contributed by atoms with Gasteiger partial charge in [0.1, 0.15) is 10.7 Å². The highest BCUT2D eigenvalue weighted by atomic mass is 32.2. The number of hydrogen-bond acceptors (Lipinski definition) is 6. The van der Waals surface area contributed by atoms with Gasteiger partial charge in [-0.3, -0.25) is 9.19 Å². The third-order valence-corrected chi connectivity index (χ3v) is 6.13. The second-order valence-electron chi connectivity index (χ2n) is 6.03. The van der Waals surface area contributed by atoms with E-state index in [4.69, 9.17) is 5.73 Å². The number of nitrogens with two attached hydrogens (primary N) is 1. The van der Waals surface area contributed by atoms with Crippen LogP contribution in [0.15, 0.2) is 29.4 Å². The molecule has 4 heterocycles. The summed E-state index contributed by atoms with van der Waals surface area (Å²) in [6, 6.07) is 4.19. The van der Waals surface area contributed by atoms with Crippen LogP contribution in [0.2, 0.25) is 0 Å². The molecule has 1 atom stereocenters. The van der Waals surface area contributed by atoms with E-state index in [0.717, 1.165) is 38.0 Å². The summed E-state index contributed by atoms with van der Waals surface area (Å²) >= 11 is 0. The molecule has 7 heteroatoms. The van der Waals surface area contributed by atoms with Crippen LogP contribution in [0.1, 0.15) is 30.0 Å². The smallest absolute Gasteiger partial charge is 0.227 e. The SMILES string of the molecule is Nc1nc(N2CCC(c3ccncc3)CC2)nc2c1S(=O)CC2. The summed E-state index contributed by atoms with van der Waals surface area (Å²) in [5.74, 6) is 2.25. The number of anilines is 2. The molecule has 120 valence electrons. The monoisotopic (exact) mass is 329 g/mol. The van der Waals surface area contributed by atoms with Gasteiger partial charge in [0.05, 0.1) is 16.5 Å². The minimum absolute atomic E-state index is 0.386. The molecule has 1 fully saturated rings. The highest BCUT2D eigenvalue weighted by Crippen LogP contribution is 2.31. The number of piperidine rings is 1. The van der Waals surface area contributed by atoms with Crippen molar-refractivity contribution in [3.05, 3.63) is 35.8 Å². The fourth-order valence-corrected chi connectivity index (χ4v) is 4.67. The van der Waals surface area contributed by atoms with Gasteiger partial charge in [0.15, 0.2) is 0 Å². The van der Waals surface area contributed by atoms with Gasteiger partial charge < -0.3 is 10.6 Å². The maximum atomic E-state index is 11.9. The minimum Gasteiger partial charge on any atom is -0.383 e. The Bertz CT molecular complexity index is 744. The first-order chi connectivity index (χ1) is 11.2. The Balaban J connectivity index is 1.51. The topological polar surface area (TPSA) is 85.0 Å². The van der Waals surface area contributed by atoms with Crippen LogP contribution in [0.25, 0.3) is 0 Å². The Labute approximate surface area is 137 Å². The van der Waals surface area contributed by atoms with Crippen molar-refractivity contribution in [2.24, 2.45) is 0 Å². The van der Waals surface area contributed by atoms with Crippen LogP contribution < -0.4 is 10.6 Å². The molecule has 1 unspecified atom stereocenters. The van der Waals surface area contributed by atoms with Crippen LogP contribution in [0.5, 0.6) is 0 Å². The average molecular weight is 329 g/mol. The zero-order valence-corrected chi connectivity index (χ0v) is 13.6. The normalized spacial score (nSPS) is 21.4. The molecule has 0 saturated carbocycles. The lowest BCUT2D eigenvalue weighted by atomic mass is 9.90. The van der Waals surface area contributed by atoms with E-state index >= 15 is 0 Å². The van der Waals surface area contributed by atoms with Crippen LogP contribution >= 0.6 is 0 Å². The van der Waals surface area contributed by atoms with Crippen molar-refractivity contribution in [3.63, 3.8) is 0 Å². The second kappa shape index (κ2) is 5.88. The number of rotatable bonds is 2. The molecule has 0 aliphatic carbocycles. The Kier molecular flexibility index (Phi) is 3.72. The van der Waals surface area contributed by atoms with E-state index in [1.807, 2.05) is 12.4 Å². The molecule has 2 aliphatic heterocycles. The van der Waals surface area contributed by atoms with Crippen molar-refractivity contribution < 1.29 is 4.21 Å². The van der Waals surface area contributed by atoms with Gasteiger partial charge in [0.25, 0.3) is 0 Å². The third kappa shape index (κ3) is 2.69. The summed E-state index contributed by atoms with van der Waals surface area (Å²) in [4.78, 5) is 15.9. The van der Waals surface area contributed by atoms with Crippen molar-refractivity contribution >= 4 is 22.6 Å². The summed E-state index contributed by atoms with van der Waals surface area (Å²) in [6.07, 6.45) is 6.57. The first-order valence-electron chi connectivity index (χ1n) is 7.92. The molecule has 0 aromatic carbocycles. The number of nitrogens with zero attached hydrogens (tertiary/aromatic N) is 4. The molecule has 2 N–H and O–H groups in total. The van der Waals surface area contributed by atoms with Crippen LogP contribution in [-0.4, -0.2) is 38.0 Å². The minimum atomic E-state index is -1.03. The molecule has 2 aliphatic rings. The maximum absolute atomic E-state index is 11.9. The summed E-state index contributed by atoms with van der Waals surface area (Å²) in [6.45, 7) is 1.82. The zero-order chi connectivity index (χ0) is 15.8. The number of nitrogen functional groups attached to an aromatic ring is 1. The molecule has 2 aromatic rings. The van der Waals surface area contributed by atoms with Crippen molar-refractivity contribution in [2.75, 3.05) is 29.5 Å². The summed E-state index contributed by atoms with van der Waals surface area (Å²) in [5.41, 5.74) is 8.22. The molecule has 0 amide bonds. The van der Waals surface area contributed by atoms with E-state index in [-0.39, 0.29) is 0 Å². The largest absolute Gasteiger partial charge is 0.383 e. The average Bonchev–Trinajstić information content (AvgIpc) is 2.97. The number of fused-ring (bicyclic) bond motifs is 1. The molecule has 0 spiro atoms. The van der Waals surface area contributed by atoms with Gasteiger partial charge in [-0.05, 0) is 36.5 Å². The molecule has 2 aromatic heterocycles. The fourth-order valence-electron chi connectivity index (χ4n) is 3.40. The van der Waals surface area contributed by atoms with E-state index < -0.39 is 10.8 Å². The van der Waals surface area contributed by atoms with Crippen molar-refractivity contribution in [1.82, 2.24) is 15.0 Å². The van der Waals surface area contributed by atoms with E-state index in [1.165, 1.54) is 5.56 Å². The molecule has 0 bridgehead atoms. The van der Waals surface area contributed by atoms with E-state index in [9.17, 15) is 4.21 Å². The maximum Gasteiger partial charge on any atom is 0.227 e. The predicted molar refractivity (Wildman–Crippen MR) is 89.8 cm³/mol. The van der Waals surface area contributed by atoms with Gasteiger partial charge in [0, 0.05) is 37.7 Å². The summed E-state index contributed by atoms with van der Waals surface area (Å²) < 4.78 is 11.9. The van der Waals surface area contributed by atoms with E-state index in [2.05, 4.69) is 32.0 Å². The standard InChI is InChI=1S/C16H19N5OS/c17-15-14-13(5-10-23(14)22)19-16(20-15)21-8-3-12(4-9-21)11-1-6-18-7-2-11/h1-2,6-7,12H,3-5,8-10H2,(H2,17,19,20). The molecular weight excluding hydrogens is 310 g/mol. The van der Waals surface area contributed by atoms with Crippen LogP contribution in [0.3, 0.4) is 0 Å². The Morgan fingerprint density at radius 3 is 2.65 bits per heavy atom. The highest BCUT2D eigenvalue weighted by molar-refractivity contribution is 7.85. The van der Waals surface area contributed by atoms with Crippen molar-refractivity contribution in [2.45, 2.75) is 30.1 Å². The Morgan fingerprint density at radius 1 is 1.17 bits per heavy atom. The van der Waals surface area contributed by atoms with Crippen molar-refractivity contribution in [3.8, 4) is 0 Å². The van der Waals surface area contributed by atoms with Gasteiger partial charge in [-0.25, -0.2) is 4.98 Å². The lowest BCUT2D eigenvalue weighted by Gasteiger charge is -2.32. The van der Waals surface area contributed by atoms with Gasteiger partial charge in [-0.2, -0.15) is 4.98 Å². The molecular formula is C16H19N5OS. The Hall–Kier alpha value is -2.02. The third-order valence-electron chi connectivity index (χ3n) is 4.66. The van der Waals surface area contributed by atoms with E-state index in [0.29, 0.717) is 28.3 Å². The van der Waals surface area contributed by atoms with Crippen molar-refractivity contribution in [1.29, 1.82) is 0 Å². The number of hydrogen-bond donors (Lipinski definition) is 1. The van der Waals surface area contributed by atoms with Crippen LogP contribution in [0, 0.1) is 0 Å². The lowest BCUT2D eigenvalue weighted by molar-refractivity contribution is 0.498. The Morgan fingerprint density at radius 2 is 1.91 bits per heavy atom. The van der Waals surface area contributed by atoms with Crippen LogP contribution in [0.4, 0.5) is 11.8 Å². The lowest BCUT2D eigenvalue weighted by Crippen LogP contribution is -2.34. The second-order valence-corrected chi connectivity index (χ2v) is 7.53. The number of pyridine rings is 1. The molecule has 0 radical (unpaired) electrons. The molecule has 4 rings (SSSR count). The fraction of sp³-hybridized carbons (Fsp3) is 0.438. The first-order valence-corrected chi connectivity index (χ1v) is 9.24. The molecule has 1 saturated heterocycles. The van der Waals surface area contributed by atoms with Crippen LogP contribution in [-0.2, 0) is 17.2 Å². The van der Waals surface area contributed by atoms with Gasteiger partial charge >= 0.3 is 0 Å². The van der Waals surface area contributed by atoms with Gasteiger partial charge in [-0.1, -0.05) is 0 Å². The highest BCUT2D eigenvalue weighted by Gasteiger charge is 2.27. The van der Waals surface area contributed by atoms with E-state index in [1.54, 1.807) is 0 Å². The quantitative estimate of drug-likeness (QED) is 0.899. The zero-order valence-electron chi connectivity index (χ0n) is 12.8. The van der Waals surface area contributed by atoms with Gasteiger partial charge in [-0.15, -0.1) is 0 Å². The van der Waals surface area contributed by atoms with Gasteiger partial charge in [0.2, 0.25) is 5.95 Å². The number of aryl methyl sites for hydroxylation is 1. The summed E-state index contributed by atoms with van der Waals surface area (Å²) in [7, 11) is -1.03. The molecule has 6 nitrogen and oxygen atoms in total. The number of aromatic nitrogens is 3.